The van der Waals surface area contributed by atoms with Crippen LogP contribution in [0.3, 0.4) is 0 Å². The molecular weight excluding hydrogens is 136 g/mol. The first-order chi connectivity index (χ1) is 5.15. The first-order valence-electron chi connectivity index (χ1n) is 4.43. The molecule has 0 spiro atoms. The van der Waals surface area contributed by atoms with Gasteiger partial charge >= 0.3 is 0 Å². The molecule has 1 aliphatic heterocycles. The second-order valence-electron chi connectivity index (χ2n) is 3.64. The lowest BCUT2D eigenvalue weighted by atomic mass is 10.1. The van der Waals surface area contributed by atoms with Crippen molar-refractivity contribution in [2.45, 2.75) is 20.3 Å². The monoisotopic (exact) mass is 155 g/mol. The van der Waals surface area contributed by atoms with Crippen molar-refractivity contribution in [2.24, 2.45) is 5.92 Å². The third-order valence-electron chi connectivity index (χ3n) is 2.37. The van der Waals surface area contributed by atoms with Crippen molar-refractivity contribution >= 4 is 5.84 Å². The SMILES string of the molecule is CCC1=[N+](C)CC(C)CN1C. The zero-order chi connectivity index (χ0) is 8.43. The molecule has 1 rings (SSSR count). The summed E-state index contributed by atoms with van der Waals surface area (Å²) in [6.07, 6.45) is 1.15. The quantitative estimate of drug-likeness (QED) is 0.512. The maximum Gasteiger partial charge on any atom is 0.246 e. The minimum absolute atomic E-state index is 0.806. The predicted octanol–water partition coefficient (Wildman–Crippen LogP) is 1.02. The highest BCUT2D eigenvalue weighted by molar-refractivity contribution is 5.77. The van der Waals surface area contributed by atoms with E-state index < -0.39 is 0 Å². The normalized spacial score (nSPS) is 26.2. The molecule has 1 aliphatic rings. The van der Waals surface area contributed by atoms with E-state index in [0.717, 1.165) is 12.3 Å². The van der Waals surface area contributed by atoms with Crippen LogP contribution < -0.4 is 0 Å². The molecule has 0 radical (unpaired) electrons. The standard InChI is InChI=1S/C9H19N2/c1-5-9-10(3)6-8(2)7-11(9)4/h8H,5-7H2,1-4H3/q+1. The summed E-state index contributed by atoms with van der Waals surface area (Å²) in [6, 6.07) is 0. The van der Waals surface area contributed by atoms with E-state index in [1.807, 2.05) is 0 Å². The largest absolute Gasteiger partial charge is 0.268 e. The lowest BCUT2D eigenvalue weighted by Gasteiger charge is -2.25. The molecule has 0 saturated heterocycles. The third-order valence-corrected chi connectivity index (χ3v) is 2.37. The number of hydrogen-bond acceptors (Lipinski definition) is 1. The van der Waals surface area contributed by atoms with Crippen LogP contribution in [0.5, 0.6) is 0 Å². The zero-order valence-corrected chi connectivity index (χ0v) is 8.09. The first-order valence-corrected chi connectivity index (χ1v) is 4.43. The van der Waals surface area contributed by atoms with Gasteiger partial charge in [0.25, 0.3) is 0 Å². The van der Waals surface area contributed by atoms with E-state index in [1.54, 1.807) is 0 Å². The van der Waals surface area contributed by atoms with E-state index in [0.29, 0.717) is 0 Å². The first kappa shape index (κ1) is 8.57. The van der Waals surface area contributed by atoms with Crippen LogP contribution in [0.2, 0.25) is 0 Å². The van der Waals surface area contributed by atoms with Gasteiger partial charge in [-0.1, -0.05) is 13.8 Å². The molecule has 2 heteroatoms. The Kier molecular flexibility index (Phi) is 2.53. The van der Waals surface area contributed by atoms with E-state index in [9.17, 15) is 0 Å². The smallest absolute Gasteiger partial charge is 0.246 e. The maximum atomic E-state index is 2.37. The minimum Gasteiger partial charge on any atom is -0.268 e. The molecule has 0 aromatic heterocycles. The van der Waals surface area contributed by atoms with Crippen molar-refractivity contribution in [3.8, 4) is 0 Å². The fourth-order valence-corrected chi connectivity index (χ4v) is 2.03. The molecular formula is C9H19N2+. The van der Waals surface area contributed by atoms with E-state index in [2.05, 4.69) is 37.4 Å². The summed E-state index contributed by atoms with van der Waals surface area (Å²) in [7, 11) is 4.37. The van der Waals surface area contributed by atoms with Gasteiger partial charge in [0.1, 0.15) is 0 Å². The van der Waals surface area contributed by atoms with Gasteiger partial charge in [-0.3, -0.25) is 9.48 Å². The third kappa shape index (κ3) is 1.73. The molecule has 1 atom stereocenters. The fraction of sp³-hybridized carbons (Fsp3) is 0.889. The molecule has 0 aliphatic carbocycles. The lowest BCUT2D eigenvalue weighted by molar-refractivity contribution is -0.517. The number of amidine groups is 1. The highest BCUT2D eigenvalue weighted by atomic mass is 15.2. The molecule has 0 aromatic rings. The molecule has 0 bridgehead atoms. The van der Waals surface area contributed by atoms with Crippen LogP contribution in [-0.4, -0.2) is 42.5 Å². The highest BCUT2D eigenvalue weighted by Gasteiger charge is 2.24. The zero-order valence-electron chi connectivity index (χ0n) is 8.09. The molecule has 11 heavy (non-hydrogen) atoms. The average molecular weight is 155 g/mol. The molecule has 2 nitrogen and oxygen atoms in total. The Morgan fingerprint density at radius 3 is 2.73 bits per heavy atom. The Bertz CT molecular complexity index is 172. The van der Waals surface area contributed by atoms with Crippen molar-refractivity contribution in [1.29, 1.82) is 0 Å². The second-order valence-corrected chi connectivity index (χ2v) is 3.64. The van der Waals surface area contributed by atoms with Gasteiger partial charge < -0.3 is 0 Å². The lowest BCUT2D eigenvalue weighted by Crippen LogP contribution is -2.44. The molecule has 0 aromatic carbocycles. The molecule has 1 heterocycles. The van der Waals surface area contributed by atoms with Crippen molar-refractivity contribution in [1.82, 2.24) is 4.90 Å². The van der Waals surface area contributed by atoms with Gasteiger partial charge in [-0.15, -0.1) is 0 Å². The summed E-state index contributed by atoms with van der Waals surface area (Å²) in [5, 5.41) is 0. The molecule has 64 valence electrons. The van der Waals surface area contributed by atoms with Crippen molar-refractivity contribution in [3.05, 3.63) is 0 Å². The molecule has 0 fully saturated rings. The van der Waals surface area contributed by atoms with Crippen molar-refractivity contribution < 1.29 is 4.58 Å². The molecule has 1 unspecified atom stereocenters. The average Bonchev–Trinajstić information content (AvgIpc) is 1.85. The Hall–Kier alpha value is -0.530. The van der Waals surface area contributed by atoms with Gasteiger partial charge in [-0.25, -0.2) is 0 Å². The van der Waals surface area contributed by atoms with Crippen LogP contribution in [0.15, 0.2) is 0 Å². The van der Waals surface area contributed by atoms with Crippen LogP contribution in [-0.2, 0) is 0 Å². The summed E-state index contributed by atoms with van der Waals surface area (Å²) in [4.78, 5) is 2.37. The van der Waals surface area contributed by atoms with Gasteiger partial charge in [0, 0.05) is 12.3 Å². The minimum atomic E-state index is 0.806. The van der Waals surface area contributed by atoms with Crippen molar-refractivity contribution in [2.75, 3.05) is 27.2 Å². The fourth-order valence-electron chi connectivity index (χ4n) is 2.03. The summed E-state index contributed by atoms with van der Waals surface area (Å²) in [5.41, 5.74) is 0. The van der Waals surface area contributed by atoms with E-state index >= 15 is 0 Å². The van der Waals surface area contributed by atoms with Crippen LogP contribution in [0.25, 0.3) is 0 Å². The summed E-state index contributed by atoms with van der Waals surface area (Å²) in [6.45, 7) is 6.96. The summed E-state index contributed by atoms with van der Waals surface area (Å²) < 4.78 is 2.37. The Morgan fingerprint density at radius 2 is 2.27 bits per heavy atom. The van der Waals surface area contributed by atoms with Crippen molar-refractivity contribution in [3.63, 3.8) is 0 Å². The second kappa shape index (κ2) is 3.24. The maximum absolute atomic E-state index is 2.37. The van der Waals surface area contributed by atoms with Gasteiger partial charge in [-0.2, -0.15) is 0 Å². The molecule has 0 N–H and O–H groups in total. The Morgan fingerprint density at radius 1 is 1.64 bits per heavy atom. The van der Waals surface area contributed by atoms with Crippen LogP contribution >= 0.6 is 0 Å². The Balaban J connectivity index is 2.77. The van der Waals surface area contributed by atoms with Crippen LogP contribution in [0.1, 0.15) is 20.3 Å². The van der Waals surface area contributed by atoms with E-state index in [4.69, 9.17) is 0 Å². The van der Waals surface area contributed by atoms with Crippen LogP contribution in [0.4, 0.5) is 0 Å². The van der Waals surface area contributed by atoms with E-state index in [-0.39, 0.29) is 0 Å². The molecule has 0 saturated carbocycles. The van der Waals surface area contributed by atoms with Gasteiger partial charge in [-0.05, 0) is 0 Å². The summed E-state index contributed by atoms with van der Waals surface area (Å²) in [5.74, 6) is 2.28. The van der Waals surface area contributed by atoms with Gasteiger partial charge in [0.2, 0.25) is 5.84 Å². The highest BCUT2D eigenvalue weighted by Crippen LogP contribution is 2.07. The van der Waals surface area contributed by atoms with Gasteiger partial charge in [0.15, 0.2) is 0 Å². The van der Waals surface area contributed by atoms with Crippen LogP contribution in [0, 0.1) is 5.92 Å². The number of hydrogen-bond donors (Lipinski definition) is 0. The van der Waals surface area contributed by atoms with Gasteiger partial charge in [0.05, 0.1) is 27.2 Å². The Labute approximate surface area is 69.5 Å². The molecule has 0 amide bonds. The predicted molar refractivity (Wildman–Crippen MR) is 48.1 cm³/mol. The number of nitrogens with zero attached hydrogens (tertiary/aromatic N) is 2. The summed E-state index contributed by atoms with van der Waals surface area (Å²) >= 11 is 0. The topological polar surface area (TPSA) is 6.25 Å². The van der Waals surface area contributed by atoms with E-state index in [1.165, 1.54) is 18.9 Å². The number of rotatable bonds is 1.